The molecule has 1 heterocycles. The minimum absolute atomic E-state index is 0.136. The predicted molar refractivity (Wildman–Crippen MR) is 66.6 cm³/mol. The van der Waals surface area contributed by atoms with Gasteiger partial charge in [-0.15, -0.1) is 11.6 Å². The van der Waals surface area contributed by atoms with E-state index in [0.29, 0.717) is 11.3 Å². The zero-order chi connectivity index (χ0) is 13.1. The zero-order valence-electron chi connectivity index (χ0n) is 10.2. The van der Waals surface area contributed by atoms with Crippen molar-refractivity contribution in [3.63, 3.8) is 0 Å². The molecule has 0 amide bonds. The topological polar surface area (TPSA) is 17.8 Å². The Kier molecular flexibility index (Phi) is 2.43. The molecule has 0 bridgehead atoms. The fraction of sp³-hybridized carbons (Fsp3) is 0.462. The van der Waals surface area contributed by atoms with Crippen LogP contribution in [0.15, 0.2) is 12.1 Å². The molecule has 0 N–H and O–H groups in total. The lowest BCUT2D eigenvalue weighted by molar-refractivity contribution is 0.539. The van der Waals surface area contributed by atoms with E-state index in [1.54, 1.807) is 0 Å². The van der Waals surface area contributed by atoms with Gasteiger partial charge >= 0.3 is 0 Å². The van der Waals surface area contributed by atoms with Crippen LogP contribution in [0, 0.1) is 17.0 Å². The summed E-state index contributed by atoms with van der Waals surface area (Å²) in [4.78, 5) is 4.19. The maximum atomic E-state index is 13.7. The van der Waals surface area contributed by atoms with Crippen LogP contribution in [0.4, 0.5) is 8.78 Å². The van der Waals surface area contributed by atoms with Gasteiger partial charge in [0.05, 0.1) is 11.4 Å². The van der Waals surface area contributed by atoms with E-state index in [1.807, 2.05) is 4.57 Å². The van der Waals surface area contributed by atoms with Crippen molar-refractivity contribution in [2.24, 2.45) is 5.41 Å². The van der Waals surface area contributed by atoms with Crippen molar-refractivity contribution in [3.8, 4) is 0 Å². The van der Waals surface area contributed by atoms with Crippen LogP contribution in [0.1, 0.15) is 32.1 Å². The Balaban J connectivity index is 2.28. The van der Waals surface area contributed by atoms with Gasteiger partial charge in [-0.05, 0) is 17.9 Å². The zero-order valence-corrected chi connectivity index (χ0v) is 10.9. The summed E-state index contributed by atoms with van der Waals surface area (Å²) < 4.78 is 28.9. The van der Waals surface area contributed by atoms with Crippen LogP contribution in [0.3, 0.4) is 0 Å². The first-order valence-electron chi connectivity index (χ1n) is 5.86. The second-order valence-electron chi connectivity index (χ2n) is 5.50. The highest BCUT2D eigenvalue weighted by atomic mass is 35.5. The molecular formula is C13H13ClF2N2. The monoisotopic (exact) mass is 270 g/mol. The largest absolute Gasteiger partial charge is 0.323 e. The van der Waals surface area contributed by atoms with E-state index in [4.69, 9.17) is 11.6 Å². The van der Waals surface area contributed by atoms with Gasteiger partial charge in [0.2, 0.25) is 0 Å². The summed E-state index contributed by atoms with van der Waals surface area (Å²) >= 11 is 5.86. The number of fused-ring (bicyclic) bond motifs is 1. The molecule has 1 aliphatic carbocycles. The van der Waals surface area contributed by atoms with E-state index in [1.165, 1.54) is 6.07 Å². The number of hydrogen-bond acceptors (Lipinski definition) is 1. The number of imidazole rings is 1. The molecule has 5 heteroatoms. The van der Waals surface area contributed by atoms with E-state index in [-0.39, 0.29) is 22.9 Å². The number of hydrogen-bond donors (Lipinski definition) is 0. The Hall–Kier alpha value is -1.16. The molecule has 1 aliphatic rings. The second-order valence-corrected chi connectivity index (χ2v) is 5.76. The molecule has 1 unspecified atom stereocenters. The van der Waals surface area contributed by atoms with Crippen molar-refractivity contribution in [2.75, 3.05) is 0 Å². The summed E-state index contributed by atoms with van der Waals surface area (Å²) in [6, 6.07) is 2.41. The average Bonchev–Trinajstić information content (AvgIpc) is 2.75. The van der Waals surface area contributed by atoms with Crippen molar-refractivity contribution < 1.29 is 8.78 Å². The van der Waals surface area contributed by atoms with E-state index >= 15 is 0 Å². The third-order valence-corrected chi connectivity index (χ3v) is 3.92. The fourth-order valence-corrected chi connectivity index (χ4v) is 2.68. The highest BCUT2D eigenvalue weighted by molar-refractivity contribution is 6.16. The molecular weight excluding hydrogens is 258 g/mol. The normalized spacial score (nSPS) is 21.5. The summed E-state index contributed by atoms with van der Waals surface area (Å²) in [6.07, 6.45) is 0.973. The minimum atomic E-state index is -0.631. The summed E-state index contributed by atoms with van der Waals surface area (Å²) in [5.41, 5.74) is 0.838. The third-order valence-electron chi connectivity index (χ3n) is 3.68. The van der Waals surface area contributed by atoms with Crippen molar-refractivity contribution in [1.29, 1.82) is 0 Å². The van der Waals surface area contributed by atoms with Crippen LogP contribution in [0.2, 0.25) is 0 Å². The molecule has 0 aliphatic heterocycles. The first-order valence-corrected chi connectivity index (χ1v) is 6.39. The Morgan fingerprint density at radius 3 is 2.67 bits per heavy atom. The first kappa shape index (κ1) is 11.9. The number of alkyl halides is 1. The molecule has 1 aromatic carbocycles. The van der Waals surface area contributed by atoms with Gasteiger partial charge in [-0.3, -0.25) is 0 Å². The van der Waals surface area contributed by atoms with Crippen molar-refractivity contribution >= 4 is 22.6 Å². The highest BCUT2D eigenvalue weighted by Gasteiger charge is 2.48. The Bertz CT molecular complexity index is 633. The summed E-state index contributed by atoms with van der Waals surface area (Å²) in [5.74, 6) is -0.413. The van der Waals surface area contributed by atoms with Gasteiger partial charge in [-0.25, -0.2) is 13.8 Å². The van der Waals surface area contributed by atoms with Gasteiger partial charge in [0.15, 0.2) is 5.82 Å². The maximum absolute atomic E-state index is 13.7. The number of nitrogens with zero attached hydrogens (tertiary/aromatic N) is 2. The molecule has 1 fully saturated rings. The first-order chi connectivity index (χ1) is 8.44. The lowest BCUT2D eigenvalue weighted by Crippen LogP contribution is -2.04. The van der Waals surface area contributed by atoms with Crippen molar-refractivity contribution in [2.45, 2.75) is 32.2 Å². The molecule has 2 aromatic rings. The standard InChI is InChI=1S/C13H13ClF2N2/c1-13(2)5-10(13)18-9-4-7(15)3-8(16)12(9)17-11(18)6-14/h3-4,10H,5-6H2,1-2H3. The van der Waals surface area contributed by atoms with E-state index in [0.717, 1.165) is 12.5 Å². The van der Waals surface area contributed by atoms with Crippen molar-refractivity contribution in [3.05, 3.63) is 29.6 Å². The predicted octanol–water partition coefficient (Wildman–Crippen LogP) is 4.02. The van der Waals surface area contributed by atoms with Gasteiger partial charge in [-0.2, -0.15) is 0 Å². The fourth-order valence-electron chi connectivity index (χ4n) is 2.49. The van der Waals surface area contributed by atoms with E-state index in [2.05, 4.69) is 18.8 Å². The minimum Gasteiger partial charge on any atom is -0.323 e. The smallest absolute Gasteiger partial charge is 0.153 e. The molecule has 0 radical (unpaired) electrons. The quantitative estimate of drug-likeness (QED) is 0.754. The molecule has 1 atom stereocenters. The summed E-state index contributed by atoms with van der Waals surface area (Å²) in [7, 11) is 0. The number of aromatic nitrogens is 2. The Labute approximate surface area is 109 Å². The van der Waals surface area contributed by atoms with Crippen molar-refractivity contribution in [1.82, 2.24) is 9.55 Å². The third kappa shape index (κ3) is 1.62. The van der Waals surface area contributed by atoms with Gasteiger partial charge in [-0.1, -0.05) is 13.8 Å². The van der Waals surface area contributed by atoms with E-state index < -0.39 is 11.6 Å². The average molecular weight is 271 g/mol. The molecule has 0 spiro atoms. The number of halogens is 3. The number of rotatable bonds is 2. The van der Waals surface area contributed by atoms with Gasteiger partial charge in [0, 0.05) is 12.1 Å². The van der Waals surface area contributed by atoms with Gasteiger partial charge in [0.1, 0.15) is 17.2 Å². The SMILES string of the molecule is CC1(C)CC1n1c(CCl)nc2c(F)cc(F)cc21. The molecule has 0 saturated heterocycles. The molecule has 1 saturated carbocycles. The molecule has 1 aromatic heterocycles. The highest BCUT2D eigenvalue weighted by Crippen LogP contribution is 2.56. The molecule has 2 nitrogen and oxygen atoms in total. The lowest BCUT2D eigenvalue weighted by Gasteiger charge is -2.09. The summed E-state index contributed by atoms with van der Waals surface area (Å²) in [5, 5.41) is 0. The summed E-state index contributed by atoms with van der Waals surface area (Å²) in [6.45, 7) is 4.24. The molecule has 3 rings (SSSR count). The van der Waals surface area contributed by atoms with Crippen LogP contribution in [0.25, 0.3) is 11.0 Å². The van der Waals surface area contributed by atoms with Crippen LogP contribution >= 0.6 is 11.6 Å². The van der Waals surface area contributed by atoms with Crippen LogP contribution in [-0.2, 0) is 5.88 Å². The van der Waals surface area contributed by atoms with Gasteiger partial charge < -0.3 is 4.57 Å². The van der Waals surface area contributed by atoms with Gasteiger partial charge in [0.25, 0.3) is 0 Å². The molecule has 96 valence electrons. The molecule has 18 heavy (non-hydrogen) atoms. The maximum Gasteiger partial charge on any atom is 0.153 e. The Morgan fingerprint density at radius 2 is 2.11 bits per heavy atom. The van der Waals surface area contributed by atoms with E-state index in [9.17, 15) is 8.78 Å². The van der Waals surface area contributed by atoms with Crippen LogP contribution in [-0.4, -0.2) is 9.55 Å². The Morgan fingerprint density at radius 1 is 1.44 bits per heavy atom. The second kappa shape index (κ2) is 3.67. The van der Waals surface area contributed by atoms with Crippen LogP contribution < -0.4 is 0 Å². The van der Waals surface area contributed by atoms with Crippen LogP contribution in [0.5, 0.6) is 0 Å². The lowest BCUT2D eigenvalue weighted by atomic mass is 10.2. The number of benzene rings is 1.